The van der Waals surface area contributed by atoms with E-state index < -0.39 is 11.2 Å². The van der Waals surface area contributed by atoms with Crippen molar-refractivity contribution in [3.63, 3.8) is 0 Å². The highest BCUT2D eigenvalue weighted by Gasteiger charge is 2.30. The number of aryl methyl sites for hydroxylation is 2. The van der Waals surface area contributed by atoms with Gasteiger partial charge < -0.3 is 19.3 Å². The van der Waals surface area contributed by atoms with Crippen molar-refractivity contribution < 1.29 is 19.1 Å². The Morgan fingerprint density at radius 1 is 0.737 bits per heavy atom. The zero-order valence-electron chi connectivity index (χ0n) is 23.9. The normalized spacial score (nSPS) is 17.6. The number of tetrazole rings is 2. The molecule has 0 aliphatic carbocycles. The molecule has 2 fully saturated rings. The number of carbonyl (C=O) groups excluding carboxylic acids is 2. The van der Waals surface area contributed by atoms with E-state index in [1.807, 2.05) is 48.6 Å². The first-order valence-electron chi connectivity index (χ1n) is 13.1. The molecule has 0 bridgehead atoms. The number of aromatic nitrogens is 8. The molecule has 0 spiro atoms. The van der Waals surface area contributed by atoms with E-state index in [1.54, 1.807) is 21.5 Å². The summed E-state index contributed by atoms with van der Waals surface area (Å²) in [7, 11) is 3.60. The number of hydrogen-bond acceptors (Lipinski definition) is 10. The largest absolute Gasteiger partial charge is 0.444 e. The van der Waals surface area contributed by atoms with Gasteiger partial charge in [0.15, 0.2) is 11.6 Å². The van der Waals surface area contributed by atoms with Crippen LogP contribution in [0.2, 0.25) is 0 Å². The molecule has 2 aliphatic heterocycles. The molecule has 14 heteroatoms. The Morgan fingerprint density at radius 2 is 1.21 bits per heavy atom. The standard InChI is InChI=1S/2C12H21N5O2/c1-12(2,3)19-11(18)17-7-5-9(6-8-17)10-13-14-15-16(10)4;1-12(2,3)19-11(18)17-7-5-9(6-8-17)10-13-15-16(4)14-10/h2*9H,5-8H2,1-4H3. The molecule has 2 amide bonds. The van der Waals surface area contributed by atoms with E-state index >= 15 is 0 Å². The van der Waals surface area contributed by atoms with Crippen LogP contribution in [0.5, 0.6) is 0 Å². The quantitative estimate of drug-likeness (QED) is 0.563. The fourth-order valence-electron chi connectivity index (χ4n) is 4.34. The van der Waals surface area contributed by atoms with E-state index in [2.05, 4.69) is 30.9 Å². The molecule has 2 aromatic rings. The van der Waals surface area contributed by atoms with Crippen LogP contribution in [0.3, 0.4) is 0 Å². The van der Waals surface area contributed by atoms with Crippen molar-refractivity contribution in [3.05, 3.63) is 11.6 Å². The van der Waals surface area contributed by atoms with Crippen LogP contribution in [0.25, 0.3) is 0 Å². The van der Waals surface area contributed by atoms with Crippen molar-refractivity contribution >= 4 is 12.2 Å². The summed E-state index contributed by atoms with van der Waals surface area (Å²) in [6, 6.07) is 0. The molecule has 2 aromatic heterocycles. The Morgan fingerprint density at radius 3 is 1.58 bits per heavy atom. The van der Waals surface area contributed by atoms with Gasteiger partial charge >= 0.3 is 12.2 Å². The van der Waals surface area contributed by atoms with Crippen molar-refractivity contribution in [1.29, 1.82) is 0 Å². The second-order valence-corrected chi connectivity index (χ2v) is 11.8. The van der Waals surface area contributed by atoms with Gasteiger partial charge in [0.2, 0.25) is 0 Å². The molecule has 0 radical (unpaired) electrons. The van der Waals surface area contributed by atoms with E-state index in [9.17, 15) is 9.59 Å². The number of ether oxygens (including phenoxy) is 2. The molecular formula is C24H42N10O4. The summed E-state index contributed by atoms with van der Waals surface area (Å²) < 4.78 is 12.4. The second-order valence-electron chi connectivity index (χ2n) is 11.8. The highest BCUT2D eigenvalue weighted by Crippen LogP contribution is 2.27. The molecule has 0 aromatic carbocycles. The van der Waals surface area contributed by atoms with Gasteiger partial charge in [0.25, 0.3) is 0 Å². The van der Waals surface area contributed by atoms with Crippen molar-refractivity contribution in [2.24, 2.45) is 14.1 Å². The maximum absolute atomic E-state index is 11.9. The molecule has 2 aliphatic rings. The minimum Gasteiger partial charge on any atom is -0.444 e. The molecule has 0 unspecified atom stereocenters. The van der Waals surface area contributed by atoms with Crippen molar-refractivity contribution in [2.45, 2.75) is 90.3 Å². The Bertz CT molecular complexity index is 1050. The molecule has 2 saturated heterocycles. The lowest BCUT2D eigenvalue weighted by molar-refractivity contribution is 0.0192. The summed E-state index contributed by atoms with van der Waals surface area (Å²) in [6.45, 7) is 14.0. The maximum Gasteiger partial charge on any atom is 0.410 e. The first-order valence-corrected chi connectivity index (χ1v) is 13.1. The van der Waals surface area contributed by atoms with Crippen molar-refractivity contribution in [3.8, 4) is 0 Å². The summed E-state index contributed by atoms with van der Waals surface area (Å²) >= 11 is 0. The summed E-state index contributed by atoms with van der Waals surface area (Å²) in [5.41, 5.74) is -0.887. The lowest BCUT2D eigenvalue weighted by atomic mass is 9.96. The van der Waals surface area contributed by atoms with Gasteiger partial charge in [-0.15, -0.1) is 15.3 Å². The average molecular weight is 535 g/mol. The minimum absolute atomic E-state index is 0.234. The van der Waals surface area contributed by atoms with Crippen LogP contribution < -0.4 is 0 Å². The van der Waals surface area contributed by atoms with Gasteiger partial charge in [-0.3, -0.25) is 0 Å². The van der Waals surface area contributed by atoms with Gasteiger partial charge in [0, 0.05) is 45.1 Å². The lowest BCUT2D eigenvalue weighted by Gasteiger charge is -2.32. The van der Waals surface area contributed by atoms with Crippen LogP contribution in [-0.4, -0.2) is 99.8 Å². The Labute approximate surface area is 224 Å². The molecular weight excluding hydrogens is 492 g/mol. The zero-order valence-corrected chi connectivity index (χ0v) is 23.9. The first-order chi connectivity index (χ1) is 17.7. The summed E-state index contributed by atoms with van der Waals surface area (Å²) in [4.78, 5) is 28.8. The molecule has 4 rings (SSSR count). The number of carbonyl (C=O) groups is 2. The van der Waals surface area contributed by atoms with E-state index in [4.69, 9.17) is 9.47 Å². The van der Waals surface area contributed by atoms with E-state index in [1.165, 1.54) is 4.80 Å². The molecule has 0 saturated carbocycles. The average Bonchev–Trinajstić information content (AvgIpc) is 3.45. The van der Waals surface area contributed by atoms with Crippen LogP contribution in [0.4, 0.5) is 9.59 Å². The van der Waals surface area contributed by atoms with Gasteiger partial charge in [-0.25, -0.2) is 14.3 Å². The number of piperidine rings is 2. The SMILES string of the molecule is Cn1nnc(C2CCN(C(=O)OC(C)(C)C)CC2)n1.Cn1nnnc1C1CCN(C(=O)OC(C)(C)C)CC1. The van der Waals surface area contributed by atoms with E-state index in [0.717, 1.165) is 37.3 Å². The summed E-state index contributed by atoms with van der Waals surface area (Å²) in [6.07, 6.45) is 2.97. The molecule has 38 heavy (non-hydrogen) atoms. The molecule has 0 atom stereocenters. The molecule has 4 heterocycles. The lowest BCUT2D eigenvalue weighted by Crippen LogP contribution is -2.41. The van der Waals surface area contributed by atoms with Crippen LogP contribution in [0.15, 0.2) is 0 Å². The third-order valence-electron chi connectivity index (χ3n) is 6.20. The Balaban J connectivity index is 0.000000211. The van der Waals surface area contributed by atoms with Gasteiger partial charge in [-0.2, -0.15) is 4.80 Å². The van der Waals surface area contributed by atoms with Crippen LogP contribution in [0.1, 0.15) is 90.7 Å². The van der Waals surface area contributed by atoms with Gasteiger partial charge in [0.1, 0.15) is 11.2 Å². The number of likely N-dealkylation sites (tertiary alicyclic amines) is 2. The topological polar surface area (TPSA) is 146 Å². The molecule has 212 valence electrons. The number of amides is 2. The van der Waals surface area contributed by atoms with E-state index in [0.29, 0.717) is 32.1 Å². The van der Waals surface area contributed by atoms with Crippen molar-refractivity contribution in [1.82, 2.24) is 50.2 Å². The van der Waals surface area contributed by atoms with E-state index in [-0.39, 0.29) is 18.1 Å². The predicted molar refractivity (Wildman–Crippen MR) is 137 cm³/mol. The number of rotatable bonds is 2. The second kappa shape index (κ2) is 12.0. The Kier molecular flexibility index (Phi) is 9.26. The molecule has 14 nitrogen and oxygen atoms in total. The smallest absolute Gasteiger partial charge is 0.410 e. The maximum atomic E-state index is 11.9. The zero-order chi connectivity index (χ0) is 28.1. The third kappa shape index (κ3) is 8.62. The molecule has 0 N–H and O–H groups in total. The summed E-state index contributed by atoms with van der Waals surface area (Å²) in [5.74, 6) is 2.27. The fraction of sp³-hybridized carbons (Fsp3) is 0.833. The number of nitrogens with zero attached hydrogens (tertiary/aromatic N) is 10. The van der Waals surface area contributed by atoms with Gasteiger partial charge in [-0.1, -0.05) is 0 Å². The first kappa shape index (κ1) is 29.2. The van der Waals surface area contributed by atoms with Crippen molar-refractivity contribution in [2.75, 3.05) is 26.2 Å². The monoisotopic (exact) mass is 534 g/mol. The highest BCUT2D eigenvalue weighted by molar-refractivity contribution is 5.68. The Hall–Kier alpha value is -3.32. The summed E-state index contributed by atoms with van der Waals surface area (Å²) in [5, 5.41) is 23.6. The third-order valence-corrected chi connectivity index (χ3v) is 6.20. The predicted octanol–water partition coefficient (Wildman–Crippen LogP) is 2.65. The van der Waals surface area contributed by atoms with Crippen LogP contribution in [-0.2, 0) is 23.6 Å². The van der Waals surface area contributed by atoms with Gasteiger partial charge in [0.05, 0.1) is 7.05 Å². The van der Waals surface area contributed by atoms with Crippen LogP contribution >= 0.6 is 0 Å². The van der Waals surface area contributed by atoms with Gasteiger partial charge in [-0.05, 0) is 82.9 Å². The van der Waals surface area contributed by atoms with Crippen LogP contribution in [0, 0.1) is 0 Å². The highest BCUT2D eigenvalue weighted by atomic mass is 16.6. The number of hydrogen-bond donors (Lipinski definition) is 0. The fourth-order valence-corrected chi connectivity index (χ4v) is 4.34. The minimum atomic E-state index is -0.444.